The molecule has 66 valence electrons. The van der Waals surface area contributed by atoms with Crippen LogP contribution in [-0.2, 0) is 0 Å². The molecule has 1 fully saturated rings. The molecule has 1 aliphatic rings. The Balaban J connectivity index is 2.20. The molecule has 0 saturated heterocycles. The summed E-state index contributed by atoms with van der Waals surface area (Å²) in [6.45, 7) is 4.81. The van der Waals surface area contributed by atoms with Crippen LogP contribution in [0, 0.1) is 11.3 Å². The lowest BCUT2D eigenvalue weighted by molar-refractivity contribution is 0.353. The van der Waals surface area contributed by atoms with Crippen LogP contribution >= 0.6 is 15.9 Å². The molecule has 1 atom stereocenters. The predicted octanol–water partition coefficient (Wildman–Crippen LogP) is 3.99. The molecule has 1 aliphatic carbocycles. The topological polar surface area (TPSA) is 0 Å². The van der Waals surface area contributed by atoms with Gasteiger partial charge in [0, 0.05) is 5.33 Å². The first-order valence-electron chi connectivity index (χ1n) is 4.70. The second-order valence-corrected chi connectivity index (χ2v) is 5.40. The van der Waals surface area contributed by atoms with Crippen molar-refractivity contribution >= 4 is 15.9 Å². The van der Waals surface area contributed by atoms with Crippen molar-refractivity contribution in [2.24, 2.45) is 11.3 Å². The van der Waals surface area contributed by atoms with Crippen LogP contribution in [0.1, 0.15) is 46.0 Å². The fraction of sp³-hybridized carbons (Fsp3) is 1.00. The highest BCUT2D eigenvalue weighted by Crippen LogP contribution is 2.42. The number of hydrogen-bond donors (Lipinski definition) is 0. The van der Waals surface area contributed by atoms with Gasteiger partial charge in [0.15, 0.2) is 0 Å². The van der Waals surface area contributed by atoms with Crippen LogP contribution in [0.3, 0.4) is 0 Å². The van der Waals surface area contributed by atoms with Gasteiger partial charge < -0.3 is 0 Å². The molecule has 0 aromatic carbocycles. The van der Waals surface area contributed by atoms with Gasteiger partial charge in [-0.3, -0.25) is 0 Å². The lowest BCUT2D eigenvalue weighted by Gasteiger charge is -2.16. The van der Waals surface area contributed by atoms with Crippen molar-refractivity contribution < 1.29 is 0 Å². The Morgan fingerprint density at radius 3 is 2.64 bits per heavy atom. The van der Waals surface area contributed by atoms with Crippen LogP contribution in [0.2, 0.25) is 0 Å². The van der Waals surface area contributed by atoms with E-state index in [4.69, 9.17) is 0 Å². The zero-order chi connectivity index (χ0) is 8.32. The minimum absolute atomic E-state index is 0.650. The summed E-state index contributed by atoms with van der Waals surface area (Å²) in [5.41, 5.74) is 0.650. The van der Waals surface area contributed by atoms with Crippen molar-refractivity contribution in [1.29, 1.82) is 0 Å². The first-order valence-corrected chi connectivity index (χ1v) is 5.82. The molecule has 1 unspecified atom stereocenters. The Hall–Kier alpha value is 0.480. The maximum atomic E-state index is 3.49. The Kier molecular flexibility index (Phi) is 3.42. The van der Waals surface area contributed by atoms with Gasteiger partial charge in [-0.2, -0.15) is 0 Å². The number of rotatable bonds is 3. The third kappa shape index (κ3) is 3.14. The largest absolute Gasteiger partial charge is 0.0928 e. The van der Waals surface area contributed by atoms with Crippen LogP contribution in [0.4, 0.5) is 0 Å². The highest BCUT2D eigenvalue weighted by Gasteiger charge is 2.29. The minimum atomic E-state index is 0.650. The molecule has 0 radical (unpaired) electrons. The average molecular weight is 219 g/mol. The van der Waals surface area contributed by atoms with E-state index < -0.39 is 0 Å². The summed E-state index contributed by atoms with van der Waals surface area (Å²) in [6, 6.07) is 0. The van der Waals surface area contributed by atoms with Gasteiger partial charge in [0.05, 0.1) is 0 Å². The van der Waals surface area contributed by atoms with Gasteiger partial charge in [0.25, 0.3) is 0 Å². The second-order valence-electron chi connectivity index (χ2n) is 4.60. The Labute approximate surface area is 78.9 Å². The molecule has 0 N–H and O–H groups in total. The molecule has 0 spiro atoms. The summed E-state index contributed by atoms with van der Waals surface area (Å²) in [7, 11) is 0. The second kappa shape index (κ2) is 3.93. The van der Waals surface area contributed by atoms with E-state index in [2.05, 4.69) is 29.8 Å². The van der Waals surface area contributed by atoms with E-state index in [1.165, 1.54) is 37.4 Å². The molecule has 1 heteroatoms. The Morgan fingerprint density at radius 2 is 2.18 bits per heavy atom. The van der Waals surface area contributed by atoms with Gasteiger partial charge in [-0.1, -0.05) is 29.8 Å². The SMILES string of the molecule is CC1(C)CCC(CCCBr)C1. The van der Waals surface area contributed by atoms with E-state index in [1.54, 1.807) is 0 Å². The molecule has 1 saturated carbocycles. The van der Waals surface area contributed by atoms with E-state index in [-0.39, 0.29) is 0 Å². The van der Waals surface area contributed by atoms with Crippen LogP contribution in [0.25, 0.3) is 0 Å². The first kappa shape index (κ1) is 9.57. The monoisotopic (exact) mass is 218 g/mol. The van der Waals surface area contributed by atoms with Crippen molar-refractivity contribution in [3.8, 4) is 0 Å². The number of hydrogen-bond acceptors (Lipinski definition) is 0. The number of halogens is 1. The Bertz CT molecular complexity index is 118. The molecule has 0 amide bonds. The zero-order valence-electron chi connectivity index (χ0n) is 7.70. The van der Waals surface area contributed by atoms with E-state index in [0.29, 0.717) is 5.41 Å². The Morgan fingerprint density at radius 1 is 1.45 bits per heavy atom. The smallest absolute Gasteiger partial charge is 0.00314 e. The summed E-state index contributed by atoms with van der Waals surface area (Å²) >= 11 is 3.49. The molecule has 11 heavy (non-hydrogen) atoms. The van der Waals surface area contributed by atoms with Crippen molar-refractivity contribution in [2.75, 3.05) is 5.33 Å². The fourth-order valence-corrected chi connectivity index (χ4v) is 2.52. The molecule has 0 aromatic heterocycles. The maximum Gasteiger partial charge on any atom is 0.00314 e. The third-order valence-electron chi connectivity index (χ3n) is 2.82. The molecule has 0 aliphatic heterocycles. The van der Waals surface area contributed by atoms with Crippen LogP contribution < -0.4 is 0 Å². The lowest BCUT2D eigenvalue weighted by Crippen LogP contribution is -2.05. The van der Waals surface area contributed by atoms with Crippen molar-refractivity contribution in [3.63, 3.8) is 0 Å². The highest BCUT2D eigenvalue weighted by molar-refractivity contribution is 9.09. The summed E-state index contributed by atoms with van der Waals surface area (Å²) in [5, 5.41) is 1.18. The van der Waals surface area contributed by atoms with E-state index in [9.17, 15) is 0 Å². The lowest BCUT2D eigenvalue weighted by atomic mass is 9.90. The standard InChI is InChI=1S/C10H19Br/c1-10(2)6-5-9(8-10)4-3-7-11/h9H,3-8H2,1-2H3. The van der Waals surface area contributed by atoms with Gasteiger partial charge in [-0.05, 0) is 43.4 Å². The van der Waals surface area contributed by atoms with Crippen LogP contribution in [0.5, 0.6) is 0 Å². The van der Waals surface area contributed by atoms with E-state index in [0.717, 1.165) is 5.92 Å². The van der Waals surface area contributed by atoms with Crippen LogP contribution in [0.15, 0.2) is 0 Å². The van der Waals surface area contributed by atoms with Gasteiger partial charge in [0.2, 0.25) is 0 Å². The first-order chi connectivity index (χ1) is 5.14. The fourth-order valence-electron chi connectivity index (χ4n) is 2.19. The minimum Gasteiger partial charge on any atom is -0.0928 e. The van der Waals surface area contributed by atoms with E-state index >= 15 is 0 Å². The van der Waals surface area contributed by atoms with Gasteiger partial charge >= 0.3 is 0 Å². The molecule has 1 rings (SSSR count). The van der Waals surface area contributed by atoms with Crippen molar-refractivity contribution in [1.82, 2.24) is 0 Å². The molecular weight excluding hydrogens is 200 g/mol. The van der Waals surface area contributed by atoms with E-state index in [1.807, 2.05) is 0 Å². The molecule has 0 nitrogen and oxygen atoms in total. The molecule has 0 aromatic rings. The summed E-state index contributed by atoms with van der Waals surface area (Å²) in [5.74, 6) is 1.03. The number of alkyl halides is 1. The zero-order valence-corrected chi connectivity index (χ0v) is 9.28. The molecular formula is C10H19Br. The summed E-state index contributed by atoms with van der Waals surface area (Å²) < 4.78 is 0. The third-order valence-corrected chi connectivity index (χ3v) is 3.38. The highest BCUT2D eigenvalue weighted by atomic mass is 79.9. The molecule has 0 bridgehead atoms. The average Bonchev–Trinajstić information content (AvgIpc) is 2.26. The normalized spacial score (nSPS) is 29.2. The van der Waals surface area contributed by atoms with Crippen LogP contribution in [-0.4, -0.2) is 5.33 Å². The van der Waals surface area contributed by atoms with Gasteiger partial charge in [-0.25, -0.2) is 0 Å². The van der Waals surface area contributed by atoms with Crippen molar-refractivity contribution in [3.05, 3.63) is 0 Å². The summed E-state index contributed by atoms with van der Waals surface area (Å²) in [6.07, 6.45) is 7.18. The predicted molar refractivity (Wildman–Crippen MR) is 54.2 cm³/mol. The summed E-state index contributed by atoms with van der Waals surface area (Å²) in [4.78, 5) is 0. The molecule has 0 heterocycles. The van der Waals surface area contributed by atoms with Crippen molar-refractivity contribution in [2.45, 2.75) is 46.0 Å². The van der Waals surface area contributed by atoms with Gasteiger partial charge in [-0.15, -0.1) is 0 Å². The quantitative estimate of drug-likeness (QED) is 0.629. The van der Waals surface area contributed by atoms with Gasteiger partial charge in [0.1, 0.15) is 0 Å². The maximum absolute atomic E-state index is 3.49.